The number of phenols is 1. The summed E-state index contributed by atoms with van der Waals surface area (Å²) in [6.45, 7) is 3.33. The zero-order valence-electron chi connectivity index (χ0n) is 7.74. The number of aromatic hydroxyl groups is 1. The number of ketones is 1. The van der Waals surface area contributed by atoms with Gasteiger partial charge in [0, 0.05) is 11.1 Å². The van der Waals surface area contributed by atoms with Crippen molar-refractivity contribution in [2.24, 2.45) is 5.73 Å². The molecular formula is C10H13NO2. The van der Waals surface area contributed by atoms with Crippen molar-refractivity contribution in [2.45, 2.75) is 19.9 Å². The fourth-order valence-corrected chi connectivity index (χ4v) is 1.14. The quantitative estimate of drug-likeness (QED) is 0.671. The van der Waals surface area contributed by atoms with E-state index < -0.39 is 6.04 Å². The summed E-state index contributed by atoms with van der Waals surface area (Å²) in [7, 11) is 0. The summed E-state index contributed by atoms with van der Waals surface area (Å²) in [6.07, 6.45) is 0. The first-order chi connectivity index (χ1) is 6.04. The van der Waals surface area contributed by atoms with E-state index in [1.165, 1.54) is 0 Å². The second-order valence-electron chi connectivity index (χ2n) is 3.10. The van der Waals surface area contributed by atoms with Crippen molar-refractivity contribution in [3.63, 3.8) is 0 Å². The zero-order valence-corrected chi connectivity index (χ0v) is 7.74. The number of Topliss-reactive ketones (excluding diaryl/α,β-unsaturated/α-hetero) is 1. The van der Waals surface area contributed by atoms with Crippen LogP contribution in [0, 0.1) is 6.92 Å². The second-order valence-corrected chi connectivity index (χ2v) is 3.10. The van der Waals surface area contributed by atoms with Gasteiger partial charge in [0.15, 0.2) is 5.78 Å². The predicted octanol–water partition coefficient (Wildman–Crippen LogP) is 1.23. The SMILES string of the molecule is Cc1c(O)cccc1C(=O)C(C)N. The minimum absolute atomic E-state index is 0.131. The van der Waals surface area contributed by atoms with Crippen LogP contribution in [0.1, 0.15) is 22.8 Å². The molecule has 0 radical (unpaired) electrons. The maximum atomic E-state index is 11.5. The number of hydrogen-bond acceptors (Lipinski definition) is 3. The summed E-state index contributed by atoms with van der Waals surface area (Å²) in [4.78, 5) is 11.5. The average Bonchev–Trinajstić information content (AvgIpc) is 2.08. The molecule has 0 spiro atoms. The van der Waals surface area contributed by atoms with E-state index in [-0.39, 0.29) is 11.5 Å². The van der Waals surface area contributed by atoms with Crippen molar-refractivity contribution in [1.82, 2.24) is 0 Å². The Morgan fingerprint density at radius 1 is 1.54 bits per heavy atom. The van der Waals surface area contributed by atoms with E-state index in [1.54, 1.807) is 32.0 Å². The van der Waals surface area contributed by atoms with Crippen molar-refractivity contribution in [1.29, 1.82) is 0 Å². The molecule has 3 N–H and O–H groups in total. The van der Waals surface area contributed by atoms with Crippen LogP contribution in [-0.4, -0.2) is 16.9 Å². The summed E-state index contributed by atoms with van der Waals surface area (Å²) in [5.74, 6) is -0.0140. The molecule has 0 aromatic heterocycles. The smallest absolute Gasteiger partial charge is 0.179 e. The van der Waals surface area contributed by atoms with Gasteiger partial charge in [-0.1, -0.05) is 12.1 Å². The maximum Gasteiger partial charge on any atom is 0.179 e. The van der Waals surface area contributed by atoms with Crippen LogP contribution in [-0.2, 0) is 0 Å². The van der Waals surface area contributed by atoms with Crippen molar-refractivity contribution in [2.75, 3.05) is 0 Å². The first-order valence-corrected chi connectivity index (χ1v) is 4.12. The van der Waals surface area contributed by atoms with E-state index in [4.69, 9.17) is 5.73 Å². The lowest BCUT2D eigenvalue weighted by molar-refractivity contribution is 0.0967. The summed E-state index contributed by atoms with van der Waals surface area (Å²) >= 11 is 0. The Balaban J connectivity index is 3.15. The largest absolute Gasteiger partial charge is 0.508 e. The van der Waals surface area contributed by atoms with Crippen molar-refractivity contribution in [3.8, 4) is 5.75 Å². The van der Waals surface area contributed by atoms with Crippen LogP contribution >= 0.6 is 0 Å². The van der Waals surface area contributed by atoms with Gasteiger partial charge in [0.25, 0.3) is 0 Å². The monoisotopic (exact) mass is 179 g/mol. The molecule has 0 amide bonds. The Hall–Kier alpha value is -1.35. The molecule has 0 aliphatic heterocycles. The number of phenolic OH excluding ortho intramolecular Hbond substituents is 1. The Bertz CT molecular complexity index is 332. The molecule has 1 unspecified atom stereocenters. The van der Waals surface area contributed by atoms with Gasteiger partial charge in [0.2, 0.25) is 0 Å². The molecule has 0 bridgehead atoms. The predicted molar refractivity (Wildman–Crippen MR) is 50.8 cm³/mol. The Kier molecular flexibility index (Phi) is 2.68. The molecule has 0 aliphatic carbocycles. The third kappa shape index (κ3) is 1.87. The summed E-state index contributed by atoms with van der Waals surface area (Å²) in [5.41, 5.74) is 6.54. The average molecular weight is 179 g/mol. The Labute approximate surface area is 77.2 Å². The highest BCUT2D eigenvalue weighted by Gasteiger charge is 2.14. The number of nitrogens with two attached hydrogens (primary N) is 1. The molecule has 0 saturated heterocycles. The van der Waals surface area contributed by atoms with Crippen LogP contribution in [0.5, 0.6) is 5.75 Å². The third-order valence-electron chi connectivity index (χ3n) is 1.98. The minimum Gasteiger partial charge on any atom is -0.508 e. The molecule has 0 aliphatic rings. The minimum atomic E-state index is -0.527. The number of carbonyl (C=O) groups is 1. The first-order valence-electron chi connectivity index (χ1n) is 4.12. The van der Waals surface area contributed by atoms with E-state index in [0.29, 0.717) is 11.1 Å². The lowest BCUT2D eigenvalue weighted by Crippen LogP contribution is -2.27. The molecule has 3 nitrogen and oxygen atoms in total. The molecule has 3 heteroatoms. The van der Waals surface area contributed by atoms with Gasteiger partial charge in [-0.3, -0.25) is 4.79 Å². The van der Waals surface area contributed by atoms with E-state index in [0.717, 1.165) is 0 Å². The molecule has 13 heavy (non-hydrogen) atoms. The molecule has 0 heterocycles. The molecule has 70 valence electrons. The van der Waals surface area contributed by atoms with Gasteiger partial charge in [0.05, 0.1) is 6.04 Å². The Morgan fingerprint density at radius 2 is 2.15 bits per heavy atom. The van der Waals surface area contributed by atoms with Crippen molar-refractivity contribution < 1.29 is 9.90 Å². The van der Waals surface area contributed by atoms with Gasteiger partial charge < -0.3 is 10.8 Å². The van der Waals surface area contributed by atoms with Gasteiger partial charge in [-0.15, -0.1) is 0 Å². The highest BCUT2D eigenvalue weighted by atomic mass is 16.3. The van der Waals surface area contributed by atoms with Gasteiger partial charge in [-0.2, -0.15) is 0 Å². The molecule has 0 saturated carbocycles. The van der Waals surface area contributed by atoms with Gasteiger partial charge in [0.1, 0.15) is 5.75 Å². The molecule has 0 fully saturated rings. The van der Waals surface area contributed by atoms with Gasteiger partial charge in [-0.25, -0.2) is 0 Å². The number of benzene rings is 1. The molecular weight excluding hydrogens is 166 g/mol. The lowest BCUT2D eigenvalue weighted by atomic mass is 10.0. The van der Waals surface area contributed by atoms with Gasteiger partial charge in [-0.05, 0) is 19.9 Å². The summed E-state index contributed by atoms with van der Waals surface area (Å²) < 4.78 is 0. The maximum absolute atomic E-state index is 11.5. The van der Waals surface area contributed by atoms with E-state index >= 15 is 0 Å². The van der Waals surface area contributed by atoms with E-state index in [1.807, 2.05) is 0 Å². The molecule has 1 rings (SSSR count). The third-order valence-corrected chi connectivity index (χ3v) is 1.98. The van der Waals surface area contributed by atoms with E-state index in [9.17, 15) is 9.90 Å². The molecule has 1 atom stereocenters. The van der Waals surface area contributed by atoms with Gasteiger partial charge >= 0.3 is 0 Å². The fourth-order valence-electron chi connectivity index (χ4n) is 1.14. The normalized spacial score (nSPS) is 12.5. The van der Waals surface area contributed by atoms with Crippen LogP contribution in [0.15, 0.2) is 18.2 Å². The molecule has 1 aromatic rings. The highest BCUT2D eigenvalue weighted by Crippen LogP contribution is 2.20. The van der Waals surface area contributed by atoms with Crippen LogP contribution in [0.3, 0.4) is 0 Å². The topological polar surface area (TPSA) is 63.3 Å². The number of carbonyl (C=O) groups excluding carboxylic acids is 1. The summed E-state index contributed by atoms with van der Waals surface area (Å²) in [6, 6.07) is 4.33. The first kappa shape index (κ1) is 9.74. The lowest BCUT2D eigenvalue weighted by Gasteiger charge is -2.08. The van der Waals surface area contributed by atoms with Crippen molar-refractivity contribution in [3.05, 3.63) is 29.3 Å². The number of hydrogen-bond donors (Lipinski definition) is 2. The van der Waals surface area contributed by atoms with Crippen molar-refractivity contribution >= 4 is 5.78 Å². The van der Waals surface area contributed by atoms with Crippen LogP contribution < -0.4 is 5.73 Å². The van der Waals surface area contributed by atoms with Crippen LogP contribution in [0.2, 0.25) is 0 Å². The summed E-state index contributed by atoms with van der Waals surface area (Å²) in [5, 5.41) is 9.34. The van der Waals surface area contributed by atoms with E-state index in [2.05, 4.69) is 0 Å². The Morgan fingerprint density at radius 3 is 2.69 bits per heavy atom. The zero-order chi connectivity index (χ0) is 10.0. The highest BCUT2D eigenvalue weighted by molar-refractivity contribution is 6.01. The molecule has 1 aromatic carbocycles. The number of rotatable bonds is 2. The fraction of sp³-hybridized carbons (Fsp3) is 0.300. The standard InChI is InChI=1S/C10H13NO2/c1-6-8(10(13)7(2)11)4-3-5-9(6)12/h3-5,7,12H,11H2,1-2H3. The van der Waals surface area contributed by atoms with Crippen LogP contribution in [0.4, 0.5) is 0 Å². The second kappa shape index (κ2) is 3.58. The van der Waals surface area contributed by atoms with Crippen LogP contribution in [0.25, 0.3) is 0 Å².